The smallest absolute Gasteiger partial charge is 0.0854 e. The van der Waals surface area contributed by atoms with Crippen LogP contribution in [-0.2, 0) is 11.3 Å². The molecule has 0 saturated carbocycles. The summed E-state index contributed by atoms with van der Waals surface area (Å²) < 4.78 is 5.10. The number of fused-ring (bicyclic) bond motifs is 1. The highest BCUT2D eigenvalue weighted by atomic mass is 16.5. The maximum atomic E-state index is 9.27. The molecule has 2 aromatic rings. The average Bonchev–Trinajstić information content (AvgIpc) is 2.43. The van der Waals surface area contributed by atoms with E-state index in [-0.39, 0.29) is 6.61 Å². The van der Waals surface area contributed by atoms with Crippen LogP contribution in [0, 0.1) is 0 Å². The van der Waals surface area contributed by atoms with Crippen molar-refractivity contribution < 1.29 is 9.84 Å². The molecule has 0 aliphatic rings. The van der Waals surface area contributed by atoms with E-state index < -0.39 is 0 Å². The summed E-state index contributed by atoms with van der Waals surface area (Å²) in [6.45, 7) is 1.42. The summed E-state index contributed by atoms with van der Waals surface area (Å²) in [5.41, 5.74) is 2.66. The Labute approximate surface area is 107 Å². The van der Waals surface area contributed by atoms with E-state index in [2.05, 4.69) is 9.88 Å². The summed E-state index contributed by atoms with van der Waals surface area (Å²) >= 11 is 0. The molecule has 1 aromatic heterocycles. The Morgan fingerprint density at radius 1 is 1.33 bits per heavy atom. The van der Waals surface area contributed by atoms with Crippen LogP contribution in [0.15, 0.2) is 30.3 Å². The molecule has 1 N–H and O–H groups in total. The minimum Gasteiger partial charge on any atom is -0.390 e. The van der Waals surface area contributed by atoms with Gasteiger partial charge in [-0.3, -0.25) is 4.98 Å². The van der Waals surface area contributed by atoms with Crippen LogP contribution in [0.1, 0.15) is 5.69 Å². The monoisotopic (exact) mass is 246 g/mol. The minimum absolute atomic E-state index is 0.0457. The Bertz CT molecular complexity index is 528. The number of aliphatic hydroxyl groups is 1. The first-order valence-corrected chi connectivity index (χ1v) is 5.96. The Hall–Kier alpha value is -1.65. The largest absolute Gasteiger partial charge is 0.390 e. The number of aliphatic hydroxyl groups excluding tert-OH is 1. The van der Waals surface area contributed by atoms with Crippen molar-refractivity contribution >= 4 is 16.6 Å². The quantitative estimate of drug-likeness (QED) is 0.874. The number of aromatic nitrogens is 1. The Balaban J connectivity index is 2.46. The van der Waals surface area contributed by atoms with Crippen molar-refractivity contribution in [3.8, 4) is 0 Å². The molecule has 1 heterocycles. The Morgan fingerprint density at radius 2 is 2.11 bits per heavy atom. The number of methoxy groups -OCH3 is 1. The molecular formula is C14H18N2O2. The van der Waals surface area contributed by atoms with E-state index in [4.69, 9.17) is 4.74 Å². The number of rotatable bonds is 5. The number of para-hydroxylation sites is 1. The molecule has 0 bridgehead atoms. The topological polar surface area (TPSA) is 45.6 Å². The molecular weight excluding hydrogens is 228 g/mol. The molecule has 0 saturated heterocycles. The molecule has 0 amide bonds. The molecule has 1 aromatic carbocycles. The van der Waals surface area contributed by atoms with Gasteiger partial charge in [-0.1, -0.05) is 18.2 Å². The molecule has 0 aliphatic carbocycles. The number of likely N-dealkylation sites (N-methyl/N-ethyl adjacent to an activating group) is 1. The first-order chi connectivity index (χ1) is 8.76. The highest BCUT2D eigenvalue weighted by Gasteiger charge is 2.08. The summed E-state index contributed by atoms with van der Waals surface area (Å²) in [7, 11) is 3.71. The summed E-state index contributed by atoms with van der Waals surface area (Å²) in [4.78, 5) is 6.53. The molecule has 0 fully saturated rings. The molecule has 0 spiro atoms. The van der Waals surface area contributed by atoms with Gasteiger partial charge in [0.25, 0.3) is 0 Å². The van der Waals surface area contributed by atoms with Crippen molar-refractivity contribution in [2.24, 2.45) is 0 Å². The van der Waals surface area contributed by atoms with Gasteiger partial charge in [-0.2, -0.15) is 0 Å². The zero-order valence-corrected chi connectivity index (χ0v) is 10.8. The number of hydrogen-bond donors (Lipinski definition) is 1. The third-order valence-corrected chi connectivity index (χ3v) is 2.95. The fraction of sp³-hybridized carbons (Fsp3) is 0.357. The highest BCUT2D eigenvalue weighted by molar-refractivity contribution is 5.91. The number of benzene rings is 1. The van der Waals surface area contributed by atoms with Gasteiger partial charge in [-0.25, -0.2) is 0 Å². The summed E-state index contributed by atoms with van der Waals surface area (Å²) in [6, 6.07) is 9.88. The molecule has 4 nitrogen and oxygen atoms in total. The van der Waals surface area contributed by atoms with Gasteiger partial charge in [0, 0.05) is 31.8 Å². The van der Waals surface area contributed by atoms with Gasteiger partial charge in [0.2, 0.25) is 0 Å². The van der Waals surface area contributed by atoms with E-state index in [0.29, 0.717) is 12.3 Å². The number of ether oxygens (including phenoxy) is 1. The van der Waals surface area contributed by atoms with Gasteiger partial charge in [-0.05, 0) is 12.1 Å². The Morgan fingerprint density at radius 3 is 2.83 bits per heavy atom. The maximum Gasteiger partial charge on any atom is 0.0854 e. The van der Waals surface area contributed by atoms with Crippen molar-refractivity contribution in [1.82, 2.24) is 4.98 Å². The minimum atomic E-state index is -0.0457. The van der Waals surface area contributed by atoms with Crippen molar-refractivity contribution in [3.05, 3.63) is 36.0 Å². The Kier molecular flexibility index (Phi) is 4.12. The van der Waals surface area contributed by atoms with Crippen molar-refractivity contribution in [2.45, 2.75) is 6.61 Å². The van der Waals surface area contributed by atoms with E-state index in [1.807, 2.05) is 37.4 Å². The van der Waals surface area contributed by atoms with E-state index >= 15 is 0 Å². The fourth-order valence-electron chi connectivity index (χ4n) is 1.96. The lowest BCUT2D eigenvalue weighted by Gasteiger charge is -2.21. The predicted molar refractivity (Wildman–Crippen MR) is 72.8 cm³/mol. The third kappa shape index (κ3) is 2.60. The van der Waals surface area contributed by atoms with Gasteiger partial charge in [0.05, 0.1) is 24.4 Å². The molecule has 18 heavy (non-hydrogen) atoms. The summed E-state index contributed by atoms with van der Waals surface area (Å²) in [6.07, 6.45) is 0. The van der Waals surface area contributed by atoms with Crippen LogP contribution in [0.3, 0.4) is 0 Å². The standard InChI is InChI=1S/C14H18N2O2/c1-16(7-8-18-2)14-9-11(10-17)15-13-6-4-3-5-12(13)14/h3-6,9,17H,7-8,10H2,1-2H3. The zero-order chi connectivity index (χ0) is 13.0. The van der Waals surface area contributed by atoms with Gasteiger partial charge in [-0.15, -0.1) is 0 Å². The SMILES string of the molecule is COCCN(C)c1cc(CO)nc2ccccc12. The summed E-state index contributed by atoms with van der Waals surface area (Å²) in [5, 5.41) is 10.4. The number of pyridine rings is 1. The second-order valence-corrected chi connectivity index (χ2v) is 4.22. The van der Waals surface area contributed by atoms with Crippen LogP contribution in [-0.4, -0.2) is 37.4 Å². The summed E-state index contributed by atoms with van der Waals surface area (Å²) in [5.74, 6) is 0. The van der Waals surface area contributed by atoms with E-state index in [9.17, 15) is 5.11 Å². The number of nitrogens with zero attached hydrogens (tertiary/aromatic N) is 2. The van der Waals surface area contributed by atoms with E-state index in [1.165, 1.54) is 0 Å². The van der Waals surface area contributed by atoms with Crippen molar-refractivity contribution in [3.63, 3.8) is 0 Å². The fourth-order valence-corrected chi connectivity index (χ4v) is 1.96. The van der Waals surface area contributed by atoms with E-state index in [1.54, 1.807) is 7.11 Å². The molecule has 0 atom stereocenters. The van der Waals surface area contributed by atoms with Crippen molar-refractivity contribution in [1.29, 1.82) is 0 Å². The van der Waals surface area contributed by atoms with Crippen LogP contribution in [0.5, 0.6) is 0 Å². The lowest BCUT2D eigenvalue weighted by Crippen LogP contribution is -2.22. The number of anilines is 1. The normalized spacial score (nSPS) is 10.8. The zero-order valence-electron chi connectivity index (χ0n) is 10.8. The van der Waals surface area contributed by atoms with Crippen LogP contribution < -0.4 is 4.90 Å². The van der Waals surface area contributed by atoms with Crippen LogP contribution in [0.2, 0.25) is 0 Å². The molecule has 0 unspecified atom stereocenters. The average molecular weight is 246 g/mol. The predicted octanol–water partition coefficient (Wildman–Crippen LogP) is 1.81. The van der Waals surface area contributed by atoms with Gasteiger partial charge < -0.3 is 14.7 Å². The molecule has 4 heteroatoms. The van der Waals surface area contributed by atoms with Gasteiger partial charge in [0.15, 0.2) is 0 Å². The molecule has 0 radical (unpaired) electrons. The van der Waals surface area contributed by atoms with Crippen molar-refractivity contribution in [2.75, 3.05) is 32.2 Å². The van der Waals surface area contributed by atoms with Gasteiger partial charge >= 0.3 is 0 Å². The highest BCUT2D eigenvalue weighted by Crippen LogP contribution is 2.25. The molecule has 2 rings (SSSR count). The molecule has 96 valence electrons. The molecule has 0 aliphatic heterocycles. The first-order valence-electron chi connectivity index (χ1n) is 5.96. The lowest BCUT2D eigenvalue weighted by molar-refractivity contribution is 0.206. The van der Waals surface area contributed by atoms with Gasteiger partial charge in [0.1, 0.15) is 0 Å². The van der Waals surface area contributed by atoms with Crippen LogP contribution >= 0.6 is 0 Å². The number of hydrogen-bond acceptors (Lipinski definition) is 4. The van der Waals surface area contributed by atoms with E-state index in [0.717, 1.165) is 23.1 Å². The first kappa shape index (κ1) is 12.8. The second-order valence-electron chi connectivity index (χ2n) is 4.22. The lowest BCUT2D eigenvalue weighted by atomic mass is 10.1. The second kappa shape index (κ2) is 5.80. The van der Waals surface area contributed by atoms with Crippen LogP contribution in [0.25, 0.3) is 10.9 Å². The third-order valence-electron chi connectivity index (χ3n) is 2.95. The van der Waals surface area contributed by atoms with Crippen LogP contribution in [0.4, 0.5) is 5.69 Å². The maximum absolute atomic E-state index is 9.27.